The number of halogens is 1. The lowest BCUT2D eigenvalue weighted by molar-refractivity contribution is -0.141. The highest BCUT2D eigenvalue weighted by Crippen LogP contribution is 2.25. The third-order valence-electron chi connectivity index (χ3n) is 3.23. The van der Waals surface area contributed by atoms with Crippen molar-refractivity contribution in [1.82, 2.24) is 10.6 Å². The Kier molecular flexibility index (Phi) is 8.38. The third kappa shape index (κ3) is 8.20. The number of alkyl carbamates (subject to hydrolysis) is 1. The number of nitrogens with one attached hydrogen (secondary N) is 2. The first-order chi connectivity index (χ1) is 12.1. The molecule has 2 N–H and O–H groups in total. The van der Waals surface area contributed by atoms with Gasteiger partial charge in [0.15, 0.2) is 0 Å². The van der Waals surface area contributed by atoms with Crippen LogP contribution in [-0.4, -0.2) is 37.2 Å². The second kappa shape index (κ2) is 10.0. The molecule has 2 amide bonds. The Hall–Kier alpha value is -2.28. The van der Waals surface area contributed by atoms with Crippen LogP contribution in [0.4, 0.5) is 4.79 Å². The van der Waals surface area contributed by atoms with Crippen molar-refractivity contribution in [1.29, 1.82) is 0 Å². The predicted octanol–water partition coefficient (Wildman–Crippen LogP) is 2.98. The first-order valence-corrected chi connectivity index (χ1v) is 8.57. The fraction of sp³-hybridized carbons (Fsp3) is 0.500. The summed E-state index contributed by atoms with van der Waals surface area (Å²) in [5, 5.41) is 5.69. The molecule has 0 radical (unpaired) electrons. The number of benzene rings is 1. The zero-order chi connectivity index (χ0) is 19.7. The standard InChI is InChI=1S/C18H25ClN2O5/c1-18(2,3)26-17(24)20-10-9-15(22)21-14(11-16(23)25-4)12-7-5-6-8-13(12)19/h5-8,14H,9-11H2,1-4H3,(H,20,24)(H,21,22)/t14-/m1/s1. The summed E-state index contributed by atoms with van der Waals surface area (Å²) in [6.07, 6.45) is -0.616. The van der Waals surface area contributed by atoms with E-state index in [9.17, 15) is 14.4 Å². The van der Waals surface area contributed by atoms with Crippen LogP contribution in [0.1, 0.15) is 45.2 Å². The minimum absolute atomic E-state index is 0.0291. The highest BCUT2D eigenvalue weighted by atomic mass is 35.5. The Morgan fingerprint density at radius 2 is 1.85 bits per heavy atom. The van der Waals surface area contributed by atoms with E-state index in [0.717, 1.165) is 0 Å². The molecule has 0 unspecified atom stereocenters. The number of amides is 2. The van der Waals surface area contributed by atoms with Gasteiger partial charge in [0, 0.05) is 18.0 Å². The molecule has 26 heavy (non-hydrogen) atoms. The zero-order valence-electron chi connectivity index (χ0n) is 15.4. The van der Waals surface area contributed by atoms with E-state index in [1.54, 1.807) is 45.0 Å². The summed E-state index contributed by atoms with van der Waals surface area (Å²) in [6, 6.07) is 6.31. The van der Waals surface area contributed by atoms with Crippen molar-refractivity contribution in [2.24, 2.45) is 0 Å². The van der Waals surface area contributed by atoms with Crippen LogP contribution in [0.25, 0.3) is 0 Å². The molecule has 0 fully saturated rings. The maximum absolute atomic E-state index is 12.2. The van der Waals surface area contributed by atoms with Crippen LogP contribution in [-0.2, 0) is 19.1 Å². The van der Waals surface area contributed by atoms with Gasteiger partial charge in [0.1, 0.15) is 5.60 Å². The highest BCUT2D eigenvalue weighted by Gasteiger charge is 2.21. The van der Waals surface area contributed by atoms with Crippen molar-refractivity contribution in [2.75, 3.05) is 13.7 Å². The second-order valence-electron chi connectivity index (χ2n) is 6.60. The van der Waals surface area contributed by atoms with Crippen LogP contribution < -0.4 is 10.6 Å². The van der Waals surface area contributed by atoms with Gasteiger partial charge >= 0.3 is 12.1 Å². The van der Waals surface area contributed by atoms with E-state index < -0.39 is 23.7 Å². The number of hydrogen-bond acceptors (Lipinski definition) is 5. The molecule has 1 aromatic rings. The van der Waals surface area contributed by atoms with Gasteiger partial charge in [0.2, 0.25) is 5.91 Å². The lowest BCUT2D eigenvalue weighted by Gasteiger charge is -2.20. The van der Waals surface area contributed by atoms with Gasteiger partial charge in [-0.1, -0.05) is 29.8 Å². The van der Waals surface area contributed by atoms with E-state index in [1.165, 1.54) is 7.11 Å². The van der Waals surface area contributed by atoms with Crippen LogP contribution in [0.2, 0.25) is 5.02 Å². The largest absolute Gasteiger partial charge is 0.469 e. The van der Waals surface area contributed by atoms with Crippen molar-refractivity contribution >= 4 is 29.6 Å². The zero-order valence-corrected chi connectivity index (χ0v) is 16.2. The molecule has 0 spiro atoms. The molecule has 0 aromatic heterocycles. The number of carbonyl (C=O) groups excluding carboxylic acids is 3. The van der Waals surface area contributed by atoms with Gasteiger partial charge in [-0.3, -0.25) is 9.59 Å². The summed E-state index contributed by atoms with van der Waals surface area (Å²) < 4.78 is 9.77. The summed E-state index contributed by atoms with van der Waals surface area (Å²) in [6.45, 7) is 5.36. The van der Waals surface area contributed by atoms with E-state index in [4.69, 9.17) is 16.3 Å². The molecular weight excluding hydrogens is 360 g/mol. The molecule has 1 rings (SSSR count). The monoisotopic (exact) mass is 384 g/mol. The van der Waals surface area contributed by atoms with Gasteiger partial charge in [-0.25, -0.2) is 4.79 Å². The van der Waals surface area contributed by atoms with Crippen molar-refractivity contribution in [2.45, 2.75) is 45.3 Å². The number of esters is 1. The van der Waals surface area contributed by atoms with Gasteiger partial charge in [0.05, 0.1) is 19.6 Å². The molecule has 0 bridgehead atoms. The van der Waals surface area contributed by atoms with Crippen molar-refractivity contribution in [3.05, 3.63) is 34.9 Å². The quantitative estimate of drug-likeness (QED) is 0.705. The number of methoxy groups -OCH3 is 1. The number of ether oxygens (including phenoxy) is 2. The smallest absolute Gasteiger partial charge is 0.407 e. The van der Waals surface area contributed by atoms with Crippen LogP contribution in [0, 0.1) is 0 Å². The predicted molar refractivity (Wildman–Crippen MR) is 97.8 cm³/mol. The summed E-state index contributed by atoms with van der Waals surface area (Å²) in [4.78, 5) is 35.4. The third-order valence-corrected chi connectivity index (χ3v) is 3.58. The van der Waals surface area contributed by atoms with Gasteiger partial charge in [-0.15, -0.1) is 0 Å². The van der Waals surface area contributed by atoms with E-state index >= 15 is 0 Å². The normalized spacial score (nSPS) is 12.0. The van der Waals surface area contributed by atoms with Crippen molar-refractivity contribution < 1.29 is 23.9 Å². The first-order valence-electron chi connectivity index (χ1n) is 8.20. The molecule has 0 aliphatic carbocycles. The Bertz CT molecular complexity index is 643. The maximum atomic E-state index is 12.2. The Balaban J connectivity index is 2.62. The molecule has 0 aliphatic rings. The summed E-state index contributed by atoms with van der Waals surface area (Å²) in [5.74, 6) is -0.808. The molecule has 0 heterocycles. The van der Waals surface area contributed by atoms with E-state index in [1.807, 2.05) is 0 Å². The molecular formula is C18H25ClN2O5. The lowest BCUT2D eigenvalue weighted by atomic mass is 10.0. The van der Waals surface area contributed by atoms with Crippen LogP contribution in [0.3, 0.4) is 0 Å². The van der Waals surface area contributed by atoms with Gasteiger partial charge in [-0.2, -0.15) is 0 Å². The van der Waals surface area contributed by atoms with Crippen LogP contribution >= 0.6 is 11.6 Å². The van der Waals surface area contributed by atoms with Crippen molar-refractivity contribution in [3.63, 3.8) is 0 Å². The summed E-state index contributed by atoms with van der Waals surface area (Å²) in [5.41, 5.74) is 0.00942. The topological polar surface area (TPSA) is 93.7 Å². The van der Waals surface area contributed by atoms with E-state index in [2.05, 4.69) is 15.4 Å². The summed E-state index contributed by atoms with van der Waals surface area (Å²) >= 11 is 6.16. The van der Waals surface area contributed by atoms with Gasteiger partial charge in [-0.05, 0) is 32.4 Å². The molecule has 144 valence electrons. The average molecular weight is 385 g/mol. The number of carbonyl (C=O) groups is 3. The SMILES string of the molecule is COC(=O)C[C@@H](NC(=O)CCNC(=O)OC(C)(C)C)c1ccccc1Cl. The molecule has 0 aliphatic heterocycles. The summed E-state index contributed by atoms with van der Waals surface area (Å²) in [7, 11) is 1.28. The van der Waals surface area contributed by atoms with Gasteiger partial charge in [0.25, 0.3) is 0 Å². The molecule has 0 saturated heterocycles. The fourth-order valence-electron chi connectivity index (χ4n) is 2.11. The molecule has 1 aromatic carbocycles. The van der Waals surface area contributed by atoms with Gasteiger partial charge < -0.3 is 20.1 Å². The fourth-order valence-corrected chi connectivity index (χ4v) is 2.37. The Labute approximate surface area is 158 Å². The van der Waals surface area contributed by atoms with Crippen molar-refractivity contribution in [3.8, 4) is 0 Å². The molecule has 8 heteroatoms. The van der Waals surface area contributed by atoms with Crippen LogP contribution in [0.5, 0.6) is 0 Å². The number of hydrogen-bond donors (Lipinski definition) is 2. The van der Waals surface area contributed by atoms with E-state index in [0.29, 0.717) is 10.6 Å². The Morgan fingerprint density at radius 3 is 2.42 bits per heavy atom. The lowest BCUT2D eigenvalue weighted by Crippen LogP contribution is -2.36. The highest BCUT2D eigenvalue weighted by molar-refractivity contribution is 6.31. The second-order valence-corrected chi connectivity index (χ2v) is 7.01. The molecule has 7 nitrogen and oxygen atoms in total. The van der Waals surface area contributed by atoms with Crippen LogP contribution in [0.15, 0.2) is 24.3 Å². The Morgan fingerprint density at radius 1 is 1.19 bits per heavy atom. The number of rotatable bonds is 7. The average Bonchev–Trinajstić information content (AvgIpc) is 2.52. The molecule has 0 saturated carbocycles. The molecule has 1 atom stereocenters. The minimum Gasteiger partial charge on any atom is -0.469 e. The maximum Gasteiger partial charge on any atom is 0.407 e. The van der Waals surface area contributed by atoms with E-state index in [-0.39, 0.29) is 25.3 Å². The minimum atomic E-state index is -0.620. The first kappa shape index (κ1) is 21.8.